The summed E-state index contributed by atoms with van der Waals surface area (Å²) in [4.78, 5) is 16.4. The topological polar surface area (TPSA) is 52.6 Å². The summed E-state index contributed by atoms with van der Waals surface area (Å²) in [5.74, 6) is -0.483. The van der Waals surface area contributed by atoms with Gasteiger partial charge in [0.2, 0.25) is 0 Å². The minimum Gasteiger partial charge on any atom is -0.505 e. The summed E-state index contributed by atoms with van der Waals surface area (Å²) in [6, 6.07) is 8.10. The Hall–Kier alpha value is -1.92. The third-order valence-electron chi connectivity index (χ3n) is 5.03. The highest BCUT2D eigenvalue weighted by Gasteiger charge is 2.35. The van der Waals surface area contributed by atoms with Crippen LogP contribution < -0.4 is 5.32 Å². The molecule has 1 unspecified atom stereocenters. The Bertz CT molecular complexity index is 768. The Labute approximate surface area is 143 Å². The van der Waals surface area contributed by atoms with Gasteiger partial charge in [-0.2, -0.15) is 0 Å². The molecule has 4 heterocycles. The largest absolute Gasteiger partial charge is 0.505 e. The molecule has 0 aliphatic carbocycles. The number of nitrogens with zero attached hydrogens (tertiary/aromatic N) is 1. The summed E-state index contributed by atoms with van der Waals surface area (Å²) in [5.41, 5.74) is 0.664. The van der Waals surface area contributed by atoms with Crippen LogP contribution in [-0.4, -0.2) is 41.6 Å². The minimum absolute atomic E-state index is 0.0516. The first-order valence-corrected chi connectivity index (χ1v) is 9.04. The lowest BCUT2D eigenvalue weighted by Gasteiger charge is -2.44. The van der Waals surface area contributed by atoms with E-state index in [2.05, 4.69) is 10.2 Å². The molecular weight excluding hydrogens is 327 g/mol. The van der Waals surface area contributed by atoms with Crippen molar-refractivity contribution in [3.8, 4) is 16.2 Å². The summed E-state index contributed by atoms with van der Waals surface area (Å²) in [7, 11) is 0. The molecule has 4 nitrogen and oxygen atoms in total. The van der Waals surface area contributed by atoms with Crippen LogP contribution in [0.15, 0.2) is 30.3 Å². The van der Waals surface area contributed by atoms with Gasteiger partial charge in [-0.25, -0.2) is 4.39 Å². The fraction of sp³-hybridized carbons (Fsp3) is 0.389. The van der Waals surface area contributed by atoms with Crippen molar-refractivity contribution in [2.45, 2.75) is 18.9 Å². The number of rotatable bonds is 3. The van der Waals surface area contributed by atoms with E-state index in [0.29, 0.717) is 16.4 Å². The van der Waals surface area contributed by atoms with Crippen molar-refractivity contribution in [3.63, 3.8) is 0 Å². The maximum atomic E-state index is 13.5. The van der Waals surface area contributed by atoms with Gasteiger partial charge in [-0.15, -0.1) is 11.3 Å². The highest BCUT2D eigenvalue weighted by atomic mass is 32.1. The molecule has 1 atom stereocenters. The van der Waals surface area contributed by atoms with Gasteiger partial charge >= 0.3 is 0 Å². The fourth-order valence-electron chi connectivity index (χ4n) is 3.64. The molecule has 0 radical (unpaired) electrons. The van der Waals surface area contributed by atoms with Crippen LogP contribution in [0, 0.1) is 11.7 Å². The Balaban J connectivity index is 1.48. The van der Waals surface area contributed by atoms with Gasteiger partial charge in [-0.1, -0.05) is 0 Å². The molecule has 1 amide bonds. The molecule has 5 rings (SSSR count). The van der Waals surface area contributed by atoms with Crippen molar-refractivity contribution in [2.75, 3.05) is 19.6 Å². The summed E-state index contributed by atoms with van der Waals surface area (Å²) >= 11 is 1.34. The Morgan fingerprint density at radius 2 is 2.04 bits per heavy atom. The Kier molecular flexibility index (Phi) is 4.02. The van der Waals surface area contributed by atoms with Crippen molar-refractivity contribution < 1.29 is 14.3 Å². The quantitative estimate of drug-likeness (QED) is 0.898. The number of aromatic hydroxyl groups is 1. The van der Waals surface area contributed by atoms with E-state index in [4.69, 9.17) is 0 Å². The Morgan fingerprint density at radius 3 is 2.71 bits per heavy atom. The molecule has 3 fully saturated rings. The number of hydrogen-bond donors (Lipinski definition) is 2. The summed E-state index contributed by atoms with van der Waals surface area (Å²) in [6.45, 7) is 3.23. The maximum absolute atomic E-state index is 13.5. The first kappa shape index (κ1) is 15.6. The number of piperidine rings is 3. The van der Waals surface area contributed by atoms with Crippen molar-refractivity contribution in [3.05, 3.63) is 41.0 Å². The minimum atomic E-state index is -0.654. The maximum Gasteiger partial charge on any atom is 0.261 e. The van der Waals surface area contributed by atoms with Gasteiger partial charge < -0.3 is 15.3 Å². The van der Waals surface area contributed by atoms with Crippen molar-refractivity contribution >= 4 is 17.2 Å². The molecule has 0 saturated carbocycles. The SMILES string of the molecule is O=C(NC1CN2CCC1CC2)c1ccc(-c2ccc(O)c(F)c2)s1. The molecular formula is C18H19FN2O2S. The van der Waals surface area contributed by atoms with Crippen LogP contribution in [0.25, 0.3) is 10.4 Å². The fourth-order valence-corrected chi connectivity index (χ4v) is 4.55. The Morgan fingerprint density at radius 1 is 1.25 bits per heavy atom. The molecule has 0 spiro atoms. The number of carbonyl (C=O) groups is 1. The van der Waals surface area contributed by atoms with E-state index in [1.54, 1.807) is 12.1 Å². The first-order valence-electron chi connectivity index (χ1n) is 8.22. The van der Waals surface area contributed by atoms with Gasteiger partial charge in [0, 0.05) is 17.5 Å². The normalized spacial score (nSPS) is 25.6. The molecule has 3 aliphatic heterocycles. The van der Waals surface area contributed by atoms with E-state index in [1.165, 1.54) is 23.5 Å². The molecule has 24 heavy (non-hydrogen) atoms. The van der Waals surface area contributed by atoms with E-state index in [0.717, 1.165) is 37.4 Å². The number of nitrogens with one attached hydrogen (secondary N) is 1. The van der Waals surface area contributed by atoms with Crippen LogP contribution in [0.1, 0.15) is 22.5 Å². The zero-order valence-electron chi connectivity index (χ0n) is 13.2. The van der Waals surface area contributed by atoms with Crippen molar-refractivity contribution in [2.24, 2.45) is 5.92 Å². The van der Waals surface area contributed by atoms with Crippen LogP contribution in [0.3, 0.4) is 0 Å². The predicted octanol–water partition coefficient (Wildman–Crippen LogP) is 3.08. The smallest absolute Gasteiger partial charge is 0.261 e. The molecule has 6 heteroatoms. The van der Waals surface area contributed by atoms with Gasteiger partial charge in [-0.3, -0.25) is 4.79 Å². The number of benzene rings is 1. The van der Waals surface area contributed by atoms with E-state index in [1.807, 2.05) is 6.07 Å². The first-order chi connectivity index (χ1) is 11.6. The van der Waals surface area contributed by atoms with Gasteiger partial charge in [0.05, 0.1) is 4.88 Å². The van der Waals surface area contributed by atoms with Crippen molar-refractivity contribution in [1.82, 2.24) is 10.2 Å². The highest BCUT2D eigenvalue weighted by Crippen LogP contribution is 2.32. The lowest BCUT2D eigenvalue weighted by atomic mass is 9.84. The second-order valence-electron chi connectivity index (χ2n) is 6.55. The van der Waals surface area contributed by atoms with Crippen molar-refractivity contribution in [1.29, 1.82) is 0 Å². The summed E-state index contributed by atoms with van der Waals surface area (Å²) in [5, 5.41) is 12.4. The average molecular weight is 346 g/mol. The second kappa shape index (κ2) is 6.18. The third-order valence-corrected chi connectivity index (χ3v) is 6.17. The number of hydrogen-bond acceptors (Lipinski definition) is 4. The van der Waals surface area contributed by atoms with Crippen LogP contribution in [-0.2, 0) is 0 Å². The molecule has 2 bridgehead atoms. The lowest BCUT2D eigenvalue weighted by Crippen LogP contribution is -2.57. The van der Waals surface area contributed by atoms with Gasteiger partial charge in [0.15, 0.2) is 11.6 Å². The molecule has 2 aromatic rings. The molecule has 126 valence electrons. The predicted molar refractivity (Wildman–Crippen MR) is 91.8 cm³/mol. The number of halogens is 1. The van der Waals surface area contributed by atoms with Gasteiger partial charge in [0.1, 0.15) is 0 Å². The molecule has 1 aromatic heterocycles. The zero-order chi connectivity index (χ0) is 16.7. The molecule has 3 saturated heterocycles. The molecule has 3 aliphatic rings. The summed E-state index contributed by atoms with van der Waals surface area (Å²) in [6.07, 6.45) is 2.32. The standard InChI is InChI=1S/C18H19FN2O2S/c19-13-9-12(1-2-15(13)22)16-3-4-17(24-16)18(23)20-14-10-21-7-5-11(14)6-8-21/h1-4,9,11,14,22H,5-8,10H2,(H,20,23). The number of phenolic OH excluding ortho intramolecular Hbond substituents is 1. The van der Waals surface area contributed by atoms with E-state index in [-0.39, 0.29) is 17.7 Å². The molecule has 1 aromatic carbocycles. The zero-order valence-corrected chi connectivity index (χ0v) is 14.0. The second-order valence-corrected chi connectivity index (χ2v) is 7.63. The lowest BCUT2D eigenvalue weighted by molar-refractivity contribution is 0.0622. The number of phenols is 1. The third kappa shape index (κ3) is 2.91. The number of thiophene rings is 1. The van der Waals surface area contributed by atoms with Gasteiger partial charge in [-0.05, 0) is 67.7 Å². The number of fused-ring (bicyclic) bond motifs is 3. The highest BCUT2D eigenvalue weighted by molar-refractivity contribution is 7.17. The van der Waals surface area contributed by atoms with Crippen LogP contribution >= 0.6 is 11.3 Å². The van der Waals surface area contributed by atoms with E-state index < -0.39 is 5.82 Å². The van der Waals surface area contributed by atoms with Gasteiger partial charge in [0.25, 0.3) is 5.91 Å². The number of carbonyl (C=O) groups excluding carboxylic acids is 1. The van der Waals surface area contributed by atoms with E-state index >= 15 is 0 Å². The average Bonchev–Trinajstić information content (AvgIpc) is 3.09. The van der Waals surface area contributed by atoms with Crippen LogP contribution in [0.4, 0.5) is 4.39 Å². The van der Waals surface area contributed by atoms with Crippen LogP contribution in [0.5, 0.6) is 5.75 Å². The molecule has 2 N–H and O–H groups in total. The number of amides is 1. The van der Waals surface area contributed by atoms with Crippen LogP contribution in [0.2, 0.25) is 0 Å². The summed E-state index contributed by atoms with van der Waals surface area (Å²) < 4.78 is 13.5. The monoisotopic (exact) mass is 346 g/mol. The van der Waals surface area contributed by atoms with E-state index in [9.17, 15) is 14.3 Å².